The topological polar surface area (TPSA) is 213 Å². The molecule has 0 heterocycles. The maximum atomic E-state index is 12.8. The predicted molar refractivity (Wildman–Crippen MR) is 623 cm³/mol. The Kier molecular flexibility index (Phi) is 52.8. The van der Waals surface area contributed by atoms with Crippen LogP contribution in [0.15, 0.2) is 329 Å². The molecule has 0 saturated carbocycles. The van der Waals surface area contributed by atoms with E-state index < -0.39 is 64.2 Å². The summed E-state index contributed by atoms with van der Waals surface area (Å²) in [7, 11) is -4.87. The van der Waals surface area contributed by atoms with Crippen molar-refractivity contribution in [2.75, 3.05) is 53.4 Å². The summed E-state index contributed by atoms with van der Waals surface area (Å²) in [6.45, 7) is 50.6. The first kappa shape index (κ1) is 121. The van der Waals surface area contributed by atoms with Crippen molar-refractivity contribution >= 4 is 86.6 Å². The lowest BCUT2D eigenvalue weighted by Crippen LogP contribution is -2.43. The van der Waals surface area contributed by atoms with Crippen molar-refractivity contribution in [2.45, 2.75) is 232 Å². The number of carbonyl (C=O) groups excluding carboxylic acids is 6. The third-order valence-corrected chi connectivity index (χ3v) is 39.2. The number of benzene rings is 11. The number of unbranched alkanes of at least 4 members (excludes halogenated alkanes) is 15. The van der Waals surface area contributed by atoms with Gasteiger partial charge in [0.1, 0.15) is 57.5 Å². The number of rotatable bonds is 60. The van der Waals surface area contributed by atoms with Crippen molar-refractivity contribution < 1.29 is 85.6 Å². The third kappa shape index (κ3) is 47.1. The smallest absolute Gasteiger partial charge is 0.343 e. The van der Waals surface area contributed by atoms with Gasteiger partial charge in [0.05, 0.1) is 116 Å². The number of hydrogen-bond donors (Lipinski definition) is 0. The van der Waals surface area contributed by atoms with Crippen molar-refractivity contribution in [3.05, 3.63) is 362 Å². The van der Waals surface area contributed by atoms with Crippen molar-refractivity contribution in [3.63, 3.8) is 0 Å². The summed E-state index contributed by atoms with van der Waals surface area (Å²) in [6.07, 6.45) is 23.9. The first-order chi connectivity index (χ1) is 71.6. The van der Waals surface area contributed by atoms with Gasteiger partial charge in [-0.05, 0) is 275 Å². The molecule has 0 atom stereocenters. The van der Waals surface area contributed by atoms with E-state index in [0.717, 1.165) is 124 Å². The van der Waals surface area contributed by atoms with Gasteiger partial charge < -0.3 is 56.8 Å². The molecule has 11 rings (SSSR count). The molecule has 0 N–H and O–H groups in total. The van der Waals surface area contributed by atoms with Crippen LogP contribution in [-0.4, -0.2) is 130 Å². The molecule has 0 saturated heterocycles. The lowest BCUT2D eigenvalue weighted by Gasteiger charge is -2.23. The van der Waals surface area contributed by atoms with Crippen LogP contribution in [-0.2, 0) is 25.1 Å². The van der Waals surface area contributed by atoms with Crippen molar-refractivity contribution in [3.8, 4) is 79.7 Å². The quantitative estimate of drug-likeness (QED) is 0.0114. The maximum Gasteiger partial charge on any atom is 0.343 e. The number of methoxy groups -OCH3 is 1. The summed E-state index contributed by atoms with van der Waals surface area (Å²) in [5.41, 5.74) is 15.1. The minimum atomic E-state index is -1.60. The van der Waals surface area contributed by atoms with Crippen LogP contribution in [0.3, 0.4) is 0 Å². The van der Waals surface area contributed by atoms with E-state index in [9.17, 15) is 28.8 Å². The molecule has 0 fully saturated rings. The van der Waals surface area contributed by atoms with E-state index in [1.807, 2.05) is 36.4 Å². The van der Waals surface area contributed by atoms with Crippen LogP contribution in [0.1, 0.15) is 181 Å². The van der Waals surface area contributed by atoms with Crippen LogP contribution in [0.4, 0.5) is 0 Å². The highest BCUT2D eigenvalue weighted by molar-refractivity contribution is 6.89. The molecule has 0 radical (unpaired) electrons. The second-order valence-corrected chi connectivity index (χ2v) is 65.6. The van der Waals surface area contributed by atoms with Gasteiger partial charge >= 0.3 is 35.8 Å². The van der Waals surface area contributed by atoms with Gasteiger partial charge in [-0.1, -0.05) is 280 Å². The molecule has 23 heteroatoms. The van der Waals surface area contributed by atoms with Crippen LogP contribution in [0.2, 0.25) is 90.1 Å². The Morgan fingerprint density at radius 2 is 0.537 bits per heavy atom. The van der Waals surface area contributed by atoms with Gasteiger partial charge in [-0.25, -0.2) is 28.8 Å². The van der Waals surface area contributed by atoms with Gasteiger partial charge in [0.15, 0.2) is 0 Å². The van der Waals surface area contributed by atoms with Gasteiger partial charge in [0.2, 0.25) is 0 Å². The number of carbonyl (C=O) groups is 6. The summed E-state index contributed by atoms with van der Waals surface area (Å²) in [6, 6.07) is 89.4. The van der Waals surface area contributed by atoms with Crippen molar-refractivity contribution in [1.82, 2.24) is 0 Å². The largest absolute Gasteiger partial charge is 0.497 e. The molecular weight excluding hydrogens is 1940 g/mol. The Bertz CT molecular complexity index is 5880. The Morgan fingerprint density at radius 1 is 0.268 bits per heavy atom. The SMILES string of the molecule is C=CC(=O)OCCCCCCOc1ccc(C(=O)Oc2ccc(-c3ccc([Si](C)(C)C)cc3)cc2)cc1.C=CC(=O)OCCCCCCOc1ccc(C[Si](C)(C)c2ccc(-c3ccccc3)cc2)cc1.C=C[Si](C)(C)CCCCCCOc1ccc(C(=O)Oc2ccc(OC(=O)c3ccc(OCCCCCC[Si](C)(C)C=C)cc3)c(C)c2)cc1.C=C[Si](C)(C)CCCCCCOc1ccc(C(=O)Oc2ccc(OC)cc2)cc1. The van der Waals surface area contributed by atoms with Crippen molar-refractivity contribution in [1.29, 1.82) is 0 Å². The second-order valence-electron chi connectivity index (χ2n) is 41.1. The molecule has 0 unspecified atom stereocenters. The molecule has 0 aromatic heterocycles. The van der Waals surface area contributed by atoms with Crippen LogP contribution >= 0.6 is 0 Å². The molecule has 0 aliphatic rings. The molecule has 18 nitrogen and oxygen atoms in total. The molecule has 0 spiro atoms. The molecular formula is C126H160O18Si5. The Balaban J connectivity index is 0.000000246. The van der Waals surface area contributed by atoms with Crippen molar-refractivity contribution in [2.24, 2.45) is 0 Å². The van der Waals surface area contributed by atoms with E-state index in [1.54, 1.807) is 141 Å². The average Bonchev–Trinajstić information content (AvgIpc) is 0.814. The first-order valence-corrected chi connectivity index (χ1v) is 69.3. The van der Waals surface area contributed by atoms with E-state index in [-0.39, 0.29) is 11.9 Å². The van der Waals surface area contributed by atoms with E-state index in [0.29, 0.717) is 109 Å². The Labute approximate surface area is 893 Å². The minimum Gasteiger partial charge on any atom is -0.497 e. The number of aryl methyl sites for hydroxylation is 1. The van der Waals surface area contributed by atoms with E-state index in [1.165, 1.54) is 102 Å². The van der Waals surface area contributed by atoms with Crippen LogP contribution in [0.5, 0.6) is 57.5 Å². The minimum absolute atomic E-state index is 0.348. The number of esters is 6. The van der Waals surface area contributed by atoms with E-state index >= 15 is 0 Å². The Morgan fingerprint density at radius 3 is 0.852 bits per heavy atom. The van der Waals surface area contributed by atoms with Crippen LogP contribution in [0.25, 0.3) is 22.3 Å². The molecule has 0 amide bonds. The van der Waals surface area contributed by atoms with Gasteiger partial charge in [0.25, 0.3) is 0 Å². The highest BCUT2D eigenvalue weighted by atomic mass is 28.3. The Hall–Kier alpha value is -13.2. The fourth-order valence-corrected chi connectivity index (χ4v) is 23.5. The van der Waals surface area contributed by atoms with Gasteiger partial charge in [-0.3, -0.25) is 0 Å². The normalized spacial score (nSPS) is 11.2. The summed E-state index contributed by atoms with van der Waals surface area (Å²) < 4.78 is 66.3. The summed E-state index contributed by atoms with van der Waals surface area (Å²) >= 11 is 0. The third-order valence-electron chi connectivity index (χ3n) is 25.7. The highest BCUT2D eigenvalue weighted by Crippen LogP contribution is 2.31. The number of hydrogen-bond acceptors (Lipinski definition) is 18. The predicted octanol–water partition coefficient (Wildman–Crippen LogP) is 31.0. The lowest BCUT2D eigenvalue weighted by atomic mass is 10.1. The first-order valence-electron chi connectivity index (χ1n) is 52.7. The van der Waals surface area contributed by atoms with Gasteiger partial charge in [-0.2, -0.15) is 0 Å². The summed E-state index contributed by atoms with van der Waals surface area (Å²) in [4.78, 5) is 72.3. The fourth-order valence-electron chi connectivity index (χ4n) is 15.7. The summed E-state index contributed by atoms with van der Waals surface area (Å²) in [5, 5.41) is 2.91. The molecule has 0 aliphatic carbocycles. The lowest BCUT2D eigenvalue weighted by molar-refractivity contribution is -0.138. The van der Waals surface area contributed by atoms with E-state index in [2.05, 4.69) is 225 Å². The monoisotopic (exact) mass is 2100 g/mol. The standard InChI is InChI=1S/C41H56O6Si2.C31H36O5Si.C30H36O3Si.C24H32O4Si/c1-8-48(4,5)30-16-12-10-14-28-44-36-22-18-34(19-23-36)40(42)46-38-26-27-39(33(3)32-38)47-41(43)35-20-24-37(25-21-35)45-29-15-11-13-17-31-49(6,7)9-2;1-5-30(32)35-23-9-7-6-8-22-34-27-16-12-26(13-17-27)31(33)36-28-18-10-24(11-19-28)25-14-20-29(21-15-25)37(2,3)4;1-4-30(31)33-23-11-6-5-10-22-32-28-18-14-25(15-19-28)24-34(2,3)29-20-16-27(17-21-29)26-12-8-7-9-13-26;1-5-29(3,4)19-9-7-6-8-18-27-22-12-10-20(11-13-22)24(25)28-23-16-14-21(26-2)15-17-23/h8-9,18-27,32H,1-2,10-17,28-31H2,3-7H3;5,10-21H,1,6-9,22-23H2,2-4H3;4,7-9,12-21H,1,5-6,10-11,22-24H2,2-3H3;5,10-17H,1,6-9,18-19H2,2-4H3. The van der Waals surface area contributed by atoms with E-state index in [4.69, 9.17) is 56.8 Å². The molecule has 149 heavy (non-hydrogen) atoms. The molecule has 11 aromatic rings. The van der Waals surface area contributed by atoms with Gasteiger partial charge in [0, 0.05) is 12.2 Å². The molecule has 0 aliphatic heterocycles. The zero-order chi connectivity index (χ0) is 108. The summed E-state index contributed by atoms with van der Waals surface area (Å²) in [5.74, 6) is 3.85. The van der Waals surface area contributed by atoms with Crippen LogP contribution in [0, 0.1) is 6.92 Å². The molecule has 792 valence electrons. The zero-order valence-electron chi connectivity index (χ0n) is 90.6. The number of ether oxygens (including phenoxy) is 12. The van der Waals surface area contributed by atoms with Gasteiger partial charge in [-0.15, -0.1) is 36.8 Å². The average molecular weight is 2100 g/mol. The molecule has 0 bridgehead atoms. The zero-order valence-corrected chi connectivity index (χ0v) is 95.6. The fraction of sp³-hybridized carbons (Fsp3) is 0.349. The van der Waals surface area contributed by atoms with Crippen LogP contribution < -0.4 is 57.7 Å². The molecule has 11 aromatic carbocycles. The highest BCUT2D eigenvalue weighted by Gasteiger charge is 2.26. The second kappa shape index (κ2) is 64.9. The maximum absolute atomic E-state index is 12.8.